The number of hydrogen-bond donors (Lipinski definition) is 1. The molecule has 1 heterocycles. The molecule has 2 N–H and O–H groups in total. The van der Waals surface area contributed by atoms with Crippen LogP contribution in [0.25, 0.3) is 0 Å². The highest BCUT2D eigenvalue weighted by Gasteiger charge is 2.41. The summed E-state index contributed by atoms with van der Waals surface area (Å²) in [6.07, 6.45) is 11.2. The third kappa shape index (κ3) is 3.50. The van der Waals surface area contributed by atoms with Crippen LogP contribution < -0.4 is 5.73 Å². The van der Waals surface area contributed by atoms with Crippen molar-refractivity contribution in [2.24, 2.45) is 5.73 Å². The van der Waals surface area contributed by atoms with Gasteiger partial charge in [0.1, 0.15) is 0 Å². The first-order chi connectivity index (χ1) is 9.17. The van der Waals surface area contributed by atoms with Crippen LogP contribution in [0.1, 0.15) is 71.6 Å². The molecule has 0 bridgehead atoms. The highest BCUT2D eigenvalue weighted by atomic mass is 16.6. The zero-order valence-electron chi connectivity index (χ0n) is 12.7. The van der Waals surface area contributed by atoms with Crippen LogP contribution in [0.4, 0.5) is 0 Å². The Kier molecular flexibility index (Phi) is 5.27. The van der Waals surface area contributed by atoms with Crippen LogP contribution in [0, 0.1) is 0 Å². The molecule has 2 aliphatic rings. The SMILES string of the molecule is CCC(CC)(CN)OCC1CCC2(CCCCC2)O1. The summed E-state index contributed by atoms with van der Waals surface area (Å²) in [5.41, 5.74) is 5.96. The van der Waals surface area contributed by atoms with Gasteiger partial charge in [0.05, 0.1) is 23.9 Å². The van der Waals surface area contributed by atoms with Gasteiger partial charge in [-0.3, -0.25) is 0 Å². The molecule has 0 radical (unpaired) electrons. The fourth-order valence-electron chi connectivity index (χ4n) is 3.65. The van der Waals surface area contributed by atoms with Gasteiger partial charge >= 0.3 is 0 Å². The Morgan fingerprint density at radius 1 is 1.16 bits per heavy atom. The molecule has 1 aliphatic carbocycles. The van der Waals surface area contributed by atoms with Crippen LogP contribution in [-0.4, -0.2) is 30.5 Å². The largest absolute Gasteiger partial charge is 0.371 e. The van der Waals surface area contributed by atoms with Gasteiger partial charge < -0.3 is 15.2 Å². The molecule has 1 atom stereocenters. The van der Waals surface area contributed by atoms with E-state index >= 15 is 0 Å². The van der Waals surface area contributed by atoms with Gasteiger partial charge in [0.15, 0.2) is 0 Å². The molecule has 1 spiro atoms. The van der Waals surface area contributed by atoms with Crippen LogP contribution in [0.5, 0.6) is 0 Å². The quantitative estimate of drug-likeness (QED) is 0.803. The Labute approximate surface area is 118 Å². The molecule has 0 amide bonds. The molecule has 3 nitrogen and oxygen atoms in total. The van der Waals surface area contributed by atoms with Crippen LogP contribution in [0.2, 0.25) is 0 Å². The molecule has 2 fully saturated rings. The topological polar surface area (TPSA) is 44.5 Å². The van der Waals surface area contributed by atoms with Gasteiger partial charge in [0.25, 0.3) is 0 Å². The maximum Gasteiger partial charge on any atom is 0.0817 e. The molecule has 19 heavy (non-hydrogen) atoms. The van der Waals surface area contributed by atoms with Crippen LogP contribution >= 0.6 is 0 Å². The maximum absolute atomic E-state index is 6.35. The molecule has 1 aliphatic heterocycles. The van der Waals surface area contributed by atoms with Crippen molar-refractivity contribution in [2.75, 3.05) is 13.2 Å². The van der Waals surface area contributed by atoms with Crippen molar-refractivity contribution < 1.29 is 9.47 Å². The summed E-state index contributed by atoms with van der Waals surface area (Å²) >= 11 is 0. The molecule has 3 heteroatoms. The van der Waals surface area contributed by atoms with Gasteiger partial charge in [-0.1, -0.05) is 33.1 Å². The second-order valence-corrected chi connectivity index (χ2v) is 6.43. The second-order valence-electron chi connectivity index (χ2n) is 6.43. The average molecular weight is 269 g/mol. The van der Waals surface area contributed by atoms with Crippen LogP contribution in [0.15, 0.2) is 0 Å². The Bertz CT molecular complexity index is 262. The van der Waals surface area contributed by atoms with Gasteiger partial charge in [-0.05, 0) is 38.5 Å². The van der Waals surface area contributed by atoms with Gasteiger partial charge in [-0.25, -0.2) is 0 Å². The van der Waals surface area contributed by atoms with Crippen molar-refractivity contribution in [1.29, 1.82) is 0 Å². The third-order valence-corrected chi connectivity index (χ3v) is 5.34. The molecule has 0 aromatic heterocycles. The summed E-state index contributed by atoms with van der Waals surface area (Å²) in [5.74, 6) is 0. The highest BCUT2D eigenvalue weighted by molar-refractivity contribution is 4.91. The minimum absolute atomic E-state index is 0.133. The molecular formula is C16H31NO2. The Hall–Kier alpha value is -0.120. The molecule has 0 aromatic rings. The number of nitrogens with two attached hydrogens (primary N) is 1. The van der Waals surface area contributed by atoms with Crippen LogP contribution in [-0.2, 0) is 9.47 Å². The molecule has 1 saturated carbocycles. The lowest BCUT2D eigenvalue weighted by Gasteiger charge is -2.35. The van der Waals surface area contributed by atoms with Gasteiger partial charge in [0.2, 0.25) is 0 Å². The van der Waals surface area contributed by atoms with E-state index in [0.717, 1.165) is 25.9 Å². The molecule has 2 rings (SSSR count). The van der Waals surface area contributed by atoms with Crippen molar-refractivity contribution in [2.45, 2.75) is 88.9 Å². The first-order valence-electron chi connectivity index (χ1n) is 8.19. The Balaban J connectivity index is 1.81. The van der Waals surface area contributed by atoms with Gasteiger partial charge in [-0.2, -0.15) is 0 Å². The predicted molar refractivity (Wildman–Crippen MR) is 78.2 cm³/mol. The van der Waals surface area contributed by atoms with Gasteiger partial charge in [0, 0.05) is 6.54 Å². The minimum Gasteiger partial charge on any atom is -0.371 e. The zero-order valence-corrected chi connectivity index (χ0v) is 12.7. The second kappa shape index (κ2) is 6.55. The standard InChI is InChI=1S/C16H31NO2/c1-3-15(4-2,13-17)18-12-14-8-11-16(19-14)9-6-5-7-10-16/h14H,3-13,17H2,1-2H3. The van der Waals surface area contributed by atoms with E-state index in [2.05, 4.69) is 13.8 Å². The summed E-state index contributed by atoms with van der Waals surface area (Å²) in [4.78, 5) is 0. The first kappa shape index (κ1) is 15.3. The van der Waals surface area contributed by atoms with Crippen molar-refractivity contribution in [3.63, 3.8) is 0 Å². The summed E-state index contributed by atoms with van der Waals surface area (Å²) in [6, 6.07) is 0. The van der Waals surface area contributed by atoms with E-state index in [1.54, 1.807) is 0 Å². The van der Waals surface area contributed by atoms with E-state index in [4.69, 9.17) is 15.2 Å². The van der Waals surface area contributed by atoms with E-state index < -0.39 is 0 Å². The average Bonchev–Trinajstić information content (AvgIpc) is 2.85. The fraction of sp³-hybridized carbons (Fsp3) is 1.00. The number of ether oxygens (including phenoxy) is 2. The highest BCUT2D eigenvalue weighted by Crippen LogP contribution is 2.42. The van der Waals surface area contributed by atoms with Gasteiger partial charge in [-0.15, -0.1) is 0 Å². The van der Waals surface area contributed by atoms with Crippen molar-refractivity contribution >= 4 is 0 Å². The van der Waals surface area contributed by atoms with E-state index in [1.165, 1.54) is 38.5 Å². The van der Waals surface area contributed by atoms with Crippen molar-refractivity contribution in [3.8, 4) is 0 Å². The molecule has 1 unspecified atom stereocenters. The molecule has 0 aromatic carbocycles. The minimum atomic E-state index is -0.133. The lowest BCUT2D eigenvalue weighted by Crippen LogP contribution is -2.42. The monoisotopic (exact) mass is 269 g/mol. The zero-order chi connectivity index (χ0) is 13.8. The van der Waals surface area contributed by atoms with E-state index in [1.807, 2.05) is 0 Å². The summed E-state index contributed by atoms with van der Waals surface area (Å²) in [6.45, 7) is 5.65. The lowest BCUT2D eigenvalue weighted by atomic mass is 9.83. The fourth-order valence-corrected chi connectivity index (χ4v) is 3.65. The molecule has 1 saturated heterocycles. The lowest BCUT2D eigenvalue weighted by molar-refractivity contribution is -0.124. The molecular weight excluding hydrogens is 238 g/mol. The first-order valence-corrected chi connectivity index (χ1v) is 8.19. The van der Waals surface area contributed by atoms with Crippen LogP contribution in [0.3, 0.4) is 0 Å². The predicted octanol–water partition coefficient (Wildman–Crippen LogP) is 3.40. The van der Waals surface area contributed by atoms with E-state index in [0.29, 0.717) is 12.6 Å². The summed E-state index contributed by atoms with van der Waals surface area (Å²) in [7, 11) is 0. The number of rotatable bonds is 6. The number of hydrogen-bond acceptors (Lipinski definition) is 3. The normalized spacial score (nSPS) is 27.0. The maximum atomic E-state index is 6.35. The Morgan fingerprint density at radius 3 is 2.42 bits per heavy atom. The van der Waals surface area contributed by atoms with Crippen molar-refractivity contribution in [3.05, 3.63) is 0 Å². The smallest absolute Gasteiger partial charge is 0.0817 e. The summed E-state index contributed by atoms with van der Waals surface area (Å²) in [5, 5.41) is 0. The van der Waals surface area contributed by atoms with E-state index in [9.17, 15) is 0 Å². The third-order valence-electron chi connectivity index (χ3n) is 5.34. The Morgan fingerprint density at radius 2 is 1.84 bits per heavy atom. The molecule has 112 valence electrons. The van der Waals surface area contributed by atoms with Crippen molar-refractivity contribution in [1.82, 2.24) is 0 Å². The summed E-state index contributed by atoms with van der Waals surface area (Å²) < 4.78 is 12.5. The van der Waals surface area contributed by atoms with E-state index in [-0.39, 0.29) is 11.2 Å².